The highest BCUT2D eigenvalue weighted by atomic mass is 19.4. The van der Waals surface area contributed by atoms with Gasteiger partial charge in [0.05, 0.1) is 5.56 Å². The molecular weight excluding hydrogens is 227 g/mol. The van der Waals surface area contributed by atoms with Crippen molar-refractivity contribution in [2.75, 3.05) is 5.32 Å². The van der Waals surface area contributed by atoms with Crippen LogP contribution in [0.3, 0.4) is 0 Å². The Balaban J connectivity index is 2.39. The Labute approximate surface area is 99.0 Å². The number of benzene rings is 1. The minimum absolute atomic E-state index is 0.0537. The summed E-state index contributed by atoms with van der Waals surface area (Å²) in [6.07, 6.45) is -3.63. The van der Waals surface area contributed by atoms with Crippen LogP contribution in [-0.2, 0) is 12.6 Å². The second-order valence-electron chi connectivity index (χ2n) is 5.60. The van der Waals surface area contributed by atoms with Gasteiger partial charge in [0, 0.05) is 11.7 Å². The van der Waals surface area contributed by atoms with Crippen LogP contribution in [0, 0.1) is 5.41 Å². The summed E-state index contributed by atoms with van der Waals surface area (Å²) in [6, 6.07) is 4.44. The number of hydrogen-bond acceptors (Lipinski definition) is 1. The molecule has 0 amide bonds. The van der Waals surface area contributed by atoms with E-state index in [1.807, 2.05) is 20.8 Å². The zero-order chi connectivity index (χ0) is 12.8. The maximum atomic E-state index is 12.8. The van der Waals surface area contributed by atoms with Crippen LogP contribution >= 0.6 is 0 Å². The maximum absolute atomic E-state index is 12.8. The van der Waals surface area contributed by atoms with E-state index in [0.29, 0.717) is 6.42 Å². The van der Waals surface area contributed by atoms with Gasteiger partial charge in [-0.05, 0) is 23.5 Å². The van der Waals surface area contributed by atoms with E-state index in [4.69, 9.17) is 0 Å². The number of hydrogen-bond donors (Lipinski definition) is 1. The number of alkyl halides is 3. The summed E-state index contributed by atoms with van der Waals surface area (Å²) < 4.78 is 38.5. The van der Waals surface area contributed by atoms with Gasteiger partial charge in [-0.1, -0.05) is 32.9 Å². The van der Waals surface area contributed by atoms with Crippen molar-refractivity contribution < 1.29 is 13.2 Å². The number of rotatable bonds is 0. The molecule has 0 aliphatic carbocycles. The van der Waals surface area contributed by atoms with E-state index >= 15 is 0 Å². The predicted octanol–water partition coefficient (Wildman–Crippen LogP) is 4.09. The average Bonchev–Trinajstić information content (AvgIpc) is 2.57. The molecule has 17 heavy (non-hydrogen) atoms. The Morgan fingerprint density at radius 3 is 2.35 bits per heavy atom. The fraction of sp³-hybridized carbons (Fsp3) is 0.538. The number of nitrogens with one attached hydrogen (secondary N) is 1. The van der Waals surface area contributed by atoms with Crippen molar-refractivity contribution >= 4 is 5.69 Å². The molecule has 1 aliphatic rings. The van der Waals surface area contributed by atoms with Crippen molar-refractivity contribution in [1.82, 2.24) is 0 Å². The summed E-state index contributed by atoms with van der Waals surface area (Å²) in [6.45, 7) is 6.09. The van der Waals surface area contributed by atoms with Crippen molar-refractivity contribution in [3.8, 4) is 0 Å². The first-order valence-electron chi connectivity index (χ1n) is 5.65. The van der Waals surface area contributed by atoms with Crippen LogP contribution in [0.1, 0.15) is 31.9 Å². The Morgan fingerprint density at radius 1 is 1.18 bits per heavy atom. The standard InChI is InChI=1S/C13H16F3N/c1-12(2,3)10-7-8-5-4-6-9(11(8)17-10)13(14,15)16/h4-6,10,17H,7H2,1-3H3. The third kappa shape index (κ3) is 2.26. The molecule has 0 saturated carbocycles. The summed E-state index contributed by atoms with van der Waals surface area (Å²) in [4.78, 5) is 0. The van der Waals surface area contributed by atoms with E-state index in [0.717, 1.165) is 11.6 Å². The number of halogens is 3. The summed E-state index contributed by atoms with van der Waals surface area (Å²) in [5, 5.41) is 3.03. The van der Waals surface area contributed by atoms with Crippen molar-refractivity contribution in [1.29, 1.82) is 0 Å². The lowest BCUT2D eigenvalue weighted by Gasteiger charge is -2.27. The van der Waals surface area contributed by atoms with Gasteiger partial charge in [-0.3, -0.25) is 0 Å². The molecule has 0 radical (unpaired) electrons. The van der Waals surface area contributed by atoms with Gasteiger partial charge < -0.3 is 5.32 Å². The van der Waals surface area contributed by atoms with Crippen LogP contribution in [0.5, 0.6) is 0 Å². The molecule has 0 aromatic heterocycles. The topological polar surface area (TPSA) is 12.0 Å². The molecule has 0 spiro atoms. The predicted molar refractivity (Wildman–Crippen MR) is 62.0 cm³/mol. The second kappa shape index (κ2) is 3.65. The molecular formula is C13H16F3N. The quantitative estimate of drug-likeness (QED) is 0.723. The molecule has 4 heteroatoms. The maximum Gasteiger partial charge on any atom is 0.418 e. The SMILES string of the molecule is CC(C)(C)C1Cc2cccc(C(F)(F)F)c2N1. The van der Waals surface area contributed by atoms with E-state index in [9.17, 15) is 13.2 Å². The largest absolute Gasteiger partial charge is 0.418 e. The molecule has 1 aliphatic heterocycles. The van der Waals surface area contributed by atoms with Gasteiger partial charge in [0.2, 0.25) is 0 Å². The van der Waals surface area contributed by atoms with Gasteiger partial charge >= 0.3 is 6.18 Å². The van der Waals surface area contributed by atoms with Crippen LogP contribution in [0.4, 0.5) is 18.9 Å². The van der Waals surface area contributed by atoms with Crippen molar-refractivity contribution in [2.24, 2.45) is 5.41 Å². The smallest absolute Gasteiger partial charge is 0.381 e. The van der Waals surface area contributed by atoms with Crippen LogP contribution < -0.4 is 5.32 Å². The van der Waals surface area contributed by atoms with E-state index in [1.165, 1.54) is 6.07 Å². The molecule has 1 heterocycles. The zero-order valence-electron chi connectivity index (χ0n) is 10.2. The third-order valence-electron chi connectivity index (χ3n) is 3.24. The highest BCUT2D eigenvalue weighted by molar-refractivity contribution is 5.63. The summed E-state index contributed by atoms with van der Waals surface area (Å²) in [5.41, 5.74) is 0.420. The van der Waals surface area contributed by atoms with Gasteiger partial charge in [-0.15, -0.1) is 0 Å². The summed E-state index contributed by atoms with van der Waals surface area (Å²) in [7, 11) is 0. The van der Waals surface area contributed by atoms with Gasteiger partial charge in [-0.25, -0.2) is 0 Å². The molecule has 94 valence electrons. The van der Waals surface area contributed by atoms with E-state index < -0.39 is 11.7 Å². The third-order valence-corrected chi connectivity index (χ3v) is 3.24. The minimum Gasteiger partial charge on any atom is -0.381 e. The number of para-hydroxylation sites is 1. The molecule has 1 N–H and O–H groups in total. The summed E-state index contributed by atoms with van der Waals surface area (Å²) in [5.74, 6) is 0. The molecule has 1 nitrogen and oxygen atoms in total. The van der Waals surface area contributed by atoms with Gasteiger partial charge in [0.25, 0.3) is 0 Å². The van der Waals surface area contributed by atoms with Crippen molar-refractivity contribution in [2.45, 2.75) is 39.4 Å². The summed E-state index contributed by atoms with van der Waals surface area (Å²) >= 11 is 0. The fourth-order valence-corrected chi connectivity index (χ4v) is 2.14. The highest BCUT2D eigenvalue weighted by Crippen LogP contribution is 2.42. The first kappa shape index (κ1) is 12.3. The molecule has 0 fully saturated rings. The monoisotopic (exact) mass is 243 g/mol. The fourth-order valence-electron chi connectivity index (χ4n) is 2.14. The first-order chi connectivity index (χ1) is 7.69. The van der Waals surface area contributed by atoms with Crippen LogP contribution in [-0.4, -0.2) is 6.04 Å². The number of fused-ring (bicyclic) bond motifs is 1. The molecule has 1 aromatic carbocycles. The lowest BCUT2D eigenvalue weighted by molar-refractivity contribution is -0.136. The lowest BCUT2D eigenvalue weighted by Crippen LogP contribution is -2.32. The van der Waals surface area contributed by atoms with Crippen molar-refractivity contribution in [3.63, 3.8) is 0 Å². The average molecular weight is 243 g/mol. The van der Waals surface area contributed by atoms with Crippen LogP contribution in [0.15, 0.2) is 18.2 Å². The lowest BCUT2D eigenvalue weighted by atomic mass is 9.85. The van der Waals surface area contributed by atoms with Gasteiger partial charge in [0.1, 0.15) is 0 Å². The van der Waals surface area contributed by atoms with Crippen LogP contribution in [0.2, 0.25) is 0 Å². The first-order valence-corrected chi connectivity index (χ1v) is 5.65. The van der Waals surface area contributed by atoms with E-state index in [2.05, 4.69) is 5.32 Å². The molecule has 1 atom stereocenters. The molecule has 1 unspecified atom stereocenters. The minimum atomic E-state index is -4.29. The Hall–Kier alpha value is -1.19. The normalized spacial score (nSPS) is 20.0. The molecule has 2 rings (SSSR count). The van der Waals surface area contributed by atoms with E-state index in [-0.39, 0.29) is 17.1 Å². The Bertz CT molecular complexity index is 429. The Morgan fingerprint density at radius 2 is 1.82 bits per heavy atom. The van der Waals surface area contributed by atoms with Gasteiger partial charge in [0.15, 0.2) is 0 Å². The highest BCUT2D eigenvalue weighted by Gasteiger charge is 2.39. The molecule has 0 saturated heterocycles. The zero-order valence-corrected chi connectivity index (χ0v) is 10.2. The van der Waals surface area contributed by atoms with Gasteiger partial charge in [-0.2, -0.15) is 13.2 Å². The molecule has 0 bridgehead atoms. The molecule has 1 aromatic rings. The number of anilines is 1. The van der Waals surface area contributed by atoms with Crippen LogP contribution in [0.25, 0.3) is 0 Å². The Kier molecular flexibility index (Phi) is 2.64. The second-order valence-corrected chi connectivity index (χ2v) is 5.60. The van der Waals surface area contributed by atoms with E-state index in [1.54, 1.807) is 6.07 Å². The van der Waals surface area contributed by atoms with Crippen molar-refractivity contribution in [3.05, 3.63) is 29.3 Å².